The van der Waals surface area contributed by atoms with Crippen LogP contribution in [-0.4, -0.2) is 10.7 Å². The van der Waals surface area contributed by atoms with Crippen LogP contribution >= 0.6 is 15.9 Å². The van der Waals surface area contributed by atoms with Crippen molar-refractivity contribution < 1.29 is 0 Å². The molecule has 74 valence electrons. The minimum Gasteiger partial charge on any atom is -0.347 e. The Bertz CT molecular complexity index is 372. The number of nitrogens with zero attached hydrogens (tertiary/aromatic N) is 1. The number of nitrogens with one attached hydrogen (secondary N) is 2. The monoisotopic (exact) mass is 253 g/mol. The zero-order valence-corrected chi connectivity index (χ0v) is 9.72. The minimum absolute atomic E-state index is 0.506. The van der Waals surface area contributed by atoms with Gasteiger partial charge in [0.05, 0.1) is 5.69 Å². The van der Waals surface area contributed by atoms with Crippen molar-refractivity contribution >= 4 is 27.5 Å². The van der Waals surface area contributed by atoms with Crippen molar-refractivity contribution in [2.24, 2.45) is 0 Å². The average molecular weight is 254 g/mol. The van der Waals surface area contributed by atoms with Crippen molar-refractivity contribution in [3.63, 3.8) is 0 Å². The van der Waals surface area contributed by atoms with Gasteiger partial charge in [-0.2, -0.15) is 0 Å². The van der Waals surface area contributed by atoms with E-state index in [0.29, 0.717) is 5.71 Å². The van der Waals surface area contributed by atoms with Gasteiger partial charge in [0.2, 0.25) is 0 Å². The van der Waals surface area contributed by atoms with Gasteiger partial charge < -0.3 is 10.7 Å². The van der Waals surface area contributed by atoms with E-state index in [9.17, 15) is 0 Å². The molecule has 1 aromatic heterocycles. The number of allylic oxidation sites excluding steroid dienone is 1. The highest BCUT2D eigenvalue weighted by atomic mass is 79.9. The van der Waals surface area contributed by atoms with Gasteiger partial charge in [0.15, 0.2) is 0 Å². The molecule has 0 aliphatic heterocycles. The number of hydrogen-bond donors (Lipinski definition) is 2. The van der Waals surface area contributed by atoms with Crippen LogP contribution in [0.15, 0.2) is 28.9 Å². The van der Waals surface area contributed by atoms with Crippen LogP contribution in [-0.2, 0) is 0 Å². The van der Waals surface area contributed by atoms with Gasteiger partial charge in [0, 0.05) is 16.4 Å². The minimum atomic E-state index is 0.506. The van der Waals surface area contributed by atoms with Crippen molar-refractivity contribution in [3.8, 4) is 0 Å². The number of aromatic nitrogens is 1. The molecule has 1 heterocycles. The molecule has 14 heavy (non-hydrogen) atoms. The lowest BCUT2D eigenvalue weighted by Gasteiger charge is -2.02. The fraction of sp³-hybridized carbons (Fsp3) is 0.200. The first kappa shape index (κ1) is 10.9. The molecule has 0 amide bonds. The highest BCUT2D eigenvalue weighted by Crippen LogP contribution is 2.15. The number of aryl methyl sites for hydroxylation is 1. The van der Waals surface area contributed by atoms with Crippen LogP contribution in [0.2, 0.25) is 0 Å². The lowest BCUT2D eigenvalue weighted by atomic mass is 10.3. The summed E-state index contributed by atoms with van der Waals surface area (Å²) in [6.45, 7) is 3.65. The normalized spacial score (nSPS) is 10.5. The van der Waals surface area contributed by atoms with Gasteiger partial charge in [-0.3, -0.25) is 0 Å². The molecule has 4 heteroatoms. The molecule has 2 N–H and O–H groups in total. The van der Waals surface area contributed by atoms with Gasteiger partial charge in [-0.1, -0.05) is 0 Å². The van der Waals surface area contributed by atoms with Crippen molar-refractivity contribution in [1.82, 2.24) is 4.98 Å². The molecule has 0 spiro atoms. The van der Waals surface area contributed by atoms with Crippen LogP contribution in [0.3, 0.4) is 0 Å². The SMILES string of the molecule is CC(=N)/C=C\Nc1ccc(Br)c(C)n1. The maximum Gasteiger partial charge on any atom is 0.130 e. The molecule has 0 bridgehead atoms. The van der Waals surface area contributed by atoms with E-state index in [1.165, 1.54) is 0 Å². The van der Waals surface area contributed by atoms with E-state index in [4.69, 9.17) is 5.41 Å². The molecule has 0 aromatic carbocycles. The van der Waals surface area contributed by atoms with Crippen LogP contribution in [0.1, 0.15) is 12.6 Å². The summed E-state index contributed by atoms with van der Waals surface area (Å²) in [5.41, 5.74) is 1.45. The summed E-state index contributed by atoms with van der Waals surface area (Å²) in [5, 5.41) is 10.2. The molecule has 0 atom stereocenters. The van der Waals surface area contributed by atoms with Crippen molar-refractivity contribution in [2.45, 2.75) is 13.8 Å². The number of rotatable bonds is 3. The number of pyridine rings is 1. The van der Waals surface area contributed by atoms with Crippen molar-refractivity contribution in [1.29, 1.82) is 5.41 Å². The largest absolute Gasteiger partial charge is 0.347 e. The predicted molar refractivity (Wildman–Crippen MR) is 62.8 cm³/mol. The summed E-state index contributed by atoms with van der Waals surface area (Å²) in [6, 6.07) is 3.82. The summed E-state index contributed by atoms with van der Waals surface area (Å²) in [7, 11) is 0. The topological polar surface area (TPSA) is 48.8 Å². The third kappa shape index (κ3) is 3.30. The molecule has 0 saturated carbocycles. The first-order valence-electron chi connectivity index (χ1n) is 4.21. The second-order valence-corrected chi connectivity index (χ2v) is 3.78. The van der Waals surface area contributed by atoms with E-state index in [0.717, 1.165) is 16.0 Å². The average Bonchev–Trinajstić information content (AvgIpc) is 2.10. The lowest BCUT2D eigenvalue weighted by Crippen LogP contribution is -1.94. The van der Waals surface area contributed by atoms with Gasteiger partial charge >= 0.3 is 0 Å². The van der Waals surface area contributed by atoms with E-state index < -0.39 is 0 Å². The zero-order valence-electron chi connectivity index (χ0n) is 8.13. The molecular weight excluding hydrogens is 242 g/mol. The van der Waals surface area contributed by atoms with Crippen molar-refractivity contribution in [2.75, 3.05) is 5.32 Å². The molecular formula is C10H12BrN3. The quantitative estimate of drug-likeness (QED) is 0.814. The Morgan fingerprint density at radius 3 is 2.86 bits per heavy atom. The lowest BCUT2D eigenvalue weighted by molar-refractivity contribution is 1.18. The molecule has 0 radical (unpaired) electrons. The van der Waals surface area contributed by atoms with Gasteiger partial charge in [-0.05, 0) is 48.0 Å². The number of hydrogen-bond acceptors (Lipinski definition) is 3. The summed E-state index contributed by atoms with van der Waals surface area (Å²) in [4.78, 5) is 4.29. The molecule has 0 saturated heterocycles. The molecule has 3 nitrogen and oxygen atoms in total. The maximum atomic E-state index is 7.18. The van der Waals surface area contributed by atoms with Gasteiger partial charge in [-0.25, -0.2) is 4.98 Å². The third-order valence-corrected chi connectivity index (χ3v) is 2.42. The van der Waals surface area contributed by atoms with E-state index in [1.54, 1.807) is 19.2 Å². The zero-order chi connectivity index (χ0) is 10.6. The van der Waals surface area contributed by atoms with Gasteiger partial charge in [0.1, 0.15) is 5.82 Å². The molecule has 0 aliphatic rings. The van der Waals surface area contributed by atoms with Crippen molar-refractivity contribution in [3.05, 3.63) is 34.6 Å². The predicted octanol–water partition coefficient (Wildman–Crippen LogP) is 3.12. The standard InChI is InChI=1S/C10H12BrN3/c1-7(12)5-6-13-10-4-3-9(11)8(2)14-10/h3-6,12H,1-2H3,(H,13,14)/b6-5-,12-7?. The second-order valence-electron chi connectivity index (χ2n) is 2.92. The molecule has 1 aromatic rings. The Morgan fingerprint density at radius 1 is 1.57 bits per heavy atom. The van der Waals surface area contributed by atoms with Crippen LogP contribution < -0.4 is 5.32 Å². The van der Waals surface area contributed by atoms with Crippen LogP contribution in [0.5, 0.6) is 0 Å². The summed E-state index contributed by atoms with van der Waals surface area (Å²) in [6.07, 6.45) is 3.39. The Hall–Kier alpha value is -1.16. The second kappa shape index (κ2) is 4.91. The van der Waals surface area contributed by atoms with Gasteiger partial charge in [-0.15, -0.1) is 0 Å². The fourth-order valence-corrected chi connectivity index (χ4v) is 1.10. The van der Waals surface area contributed by atoms with E-state index in [2.05, 4.69) is 26.2 Å². The Labute approximate surface area is 91.9 Å². The first-order valence-corrected chi connectivity index (χ1v) is 5.00. The summed E-state index contributed by atoms with van der Waals surface area (Å²) >= 11 is 3.38. The molecule has 0 aliphatic carbocycles. The molecule has 0 unspecified atom stereocenters. The summed E-state index contributed by atoms with van der Waals surface area (Å²) in [5.74, 6) is 0.781. The smallest absolute Gasteiger partial charge is 0.130 e. The fourth-order valence-electron chi connectivity index (χ4n) is 0.876. The number of halogens is 1. The Kier molecular flexibility index (Phi) is 3.83. The summed E-state index contributed by atoms with van der Waals surface area (Å²) < 4.78 is 0.996. The molecule has 1 rings (SSSR count). The van der Waals surface area contributed by atoms with Gasteiger partial charge in [0.25, 0.3) is 0 Å². The van der Waals surface area contributed by atoms with E-state index >= 15 is 0 Å². The maximum absolute atomic E-state index is 7.18. The van der Waals surface area contributed by atoms with E-state index in [-0.39, 0.29) is 0 Å². The number of anilines is 1. The Morgan fingerprint density at radius 2 is 2.29 bits per heavy atom. The van der Waals surface area contributed by atoms with Crippen LogP contribution in [0.4, 0.5) is 5.82 Å². The van der Waals surface area contributed by atoms with Crippen LogP contribution in [0, 0.1) is 12.3 Å². The van der Waals surface area contributed by atoms with E-state index in [1.807, 2.05) is 19.1 Å². The third-order valence-electron chi connectivity index (χ3n) is 1.59. The Balaban J connectivity index is 2.69. The highest BCUT2D eigenvalue weighted by molar-refractivity contribution is 9.10. The van der Waals surface area contributed by atoms with Crippen LogP contribution in [0.25, 0.3) is 0 Å². The highest BCUT2D eigenvalue weighted by Gasteiger charge is 1.96. The first-order chi connectivity index (χ1) is 6.59. The molecule has 0 fully saturated rings.